The molecule has 3 nitrogen and oxygen atoms in total. The molecule has 0 saturated heterocycles. The van der Waals surface area contributed by atoms with Crippen molar-refractivity contribution in [1.29, 1.82) is 0 Å². The maximum atomic E-state index is 8.69. The quantitative estimate of drug-likeness (QED) is 0.304. The number of hydrogen-bond donors (Lipinski definition) is 2. The molecule has 1 unspecified atom stereocenters. The van der Waals surface area contributed by atoms with Gasteiger partial charge in [-0.3, -0.25) is 0 Å². The molecular formula is C12H24N2O. The van der Waals surface area contributed by atoms with Gasteiger partial charge in [0.25, 0.3) is 0 Å². The van der Waals surface area contributed by atoms with Crippen LogP contribution in [0.2, 0.25) is 0 Å². The first-order chi connectivity index (χ1) is 7.05. The molecular weight excluding hydrogens is 188 g/mol. The average Bonchev–Trinajstić information content (AvgIpc) is 2.27. The third kappa shape index (κ3) is 4.10. The molecule has 0 aliphatic heterocycles. The second-order valence-electron chi connectivity index (χ2n) is 5.52. The van der Waals surface area contributed by atoms with Crippen molar-refractivity contribution in [3.05, 3.63) is 0 Å². The van der Waals surface area contributed by atoms with Gasteiger partial charge >= 0.3 is 0 Å². The minimum absolute atomic E-state index is 0.295. The Bertz CT molecular complexity index is 224. The van der Waals surface area contributed by atoms with Crippen LogP contribution in [-0.2, 0) is 0 Å². The van der Waals surface area contributed by atoms with Crippen LogP contribution in [0.5, 0.6) is 0 Å². The van der Waals surface area contributed by atoms with E-state index in [1.165, 1.54) is 32.1 Å². The molecule has 3 N–H and O–H groups in total. The molecule has 15 heavy (non-hydrogen) atoms. The Morgan fingerprint density at radius 2 is 1.80 bits per heavy atom. The molecule has 1 saturated carbocycles. The van der Waals surface area contributed by atoms with Crippen LogP contribution >= 0.6 is 0 Å². The Hall–Kier alpha value is -0.730. The van der Waals surface area contributed by atoms with Crippen molar-refractivity contribution in [1.82, 2.24) is 0 Å². The lowest BCUT2D eigenvalue weighted by molar-refractivity contribution is 0.292. The number of rotatable bonds is 1. The zero-order valence-electron chi connectivity index (χ0n) is 10.00. The number of hydrogen-bond acceptors (Lipinski definition) is 2. The molecule has 0 bridgehead atoms. The van der Waals surface area contributed by atoms with E-state index in [1.54, 1.807) is 0 Å². The molecule has 88 valence electrons. The zero-order chi connectivity index (χ0) is 11.3. The van der Waals surface area contributed by atoms with Crippen LogP contribution in [0.1, 0.15) is 58.8 Å². The van der Waals surface area contributed by atoms with E-state index < -0.39 is 0 Å². The van der Waals surface area contributed by atoms with Gasteiger partial charge in [-0.25, -0.2) is 0 Å². The molecule has 3 heteroatoms. The van der Waals surface area contributed by atoms with Crippen molar-refractivity contribution in [2.24, 2.45) is 22.2 Å². The Balaban J connectivity index is 2.53. The van der Waals surface area contributed by atoms with Crippen LogP contribution in [0.25, 0.3) is 0 Å². The molecule has 1 atom stereocenters. The molecule has 1 rings (SSSR count). The lowest BCUT2D eigenvalue weighted by Gasteiger charge is -2.23. The van der Waals surface area contributed by atoms with E-state index in [-0.39, 0.29) is 0 Å². The Kier molecular flexibility index (Phi) is 4.43. The third-order valence-corrected chi connectivity index (χ3v) is 3.60. The maximum absolute atomic E-state index is 8.69. The third-order valence-electron chi connectivity index (χ3n) is 3.60. The SMILES string of the molecule is CC1(C)CCCCC(C(N)=NO)CCC1. The van der Waals surface area contributed by atoms with Gasteiger partial charge in [0.15, 0.2) is 0 Å². The van der Waals surface area contributed by atoms with Crippen LogP contribution in [-0.4, -0.2) is 11.0 Å². The molecule has 0 aromatic rings. The van der Waals surface area contributed by atoms with Crippen molar-refractivity contribution < 1.29 is 5.21 Å². The normalized spacial score (nSPS) is 28.9. The first kappa shape index (κ1) is 12.3. The van der Waals surface area contributed by atoms with Crippen molar-refractivity contribution >= 4 is 5.84 Å². The summed E-state index contributed by atoms with van der Waals surface area (Å²) in [6.45, 7) is 4.69. The van der Waals surface area contributed by atoms with Gasteiger partial charge in [0, 0.05) is 5.92 Å². The van der Waals surface area contributed by atoms with E-state index >= 15 is 0 Å². The Morgan fingerprint density at radius 1 is 1.20 bits per heavy atom. The molecule has 1 fully saturated rings. The second kappa shape index (κ2) is 5.38. The summed E-state index contributed by atoms with van der Waals surface area (Å²) in [6.07, 6.45) is 8.35. The first-order valence-corrected chi connectivity index (χ1v) is 6.02. The predicted molar refractivity (Wildman–Crippen MR) is 63.0 cm³/mol. The monoisotopic (exact) mass is 212 g/mol. The number of nitrogens with two attached hydrogens (primary N) is 1. The van der Waals surface area contributed by atoms with Gasteiger partial charge in [0.1, 0.15) is 5.84 Å². The van der Waals surface area contributed by atoms with Gasteiger partial charge in [-0.2, -0.15) is 0 Å². The molecule has 0 aromatic heterocycles. The number of oxime groups is 1. The van der Waals surface area contributed by atoms with Crippen molar-refractivity contribution in [2.75, 3.05) is 0 Å². The summed E-state index contributed by atoms with van der Waals surface area (Å²) in [5.41, 5.74) is 6.16. The smallest absolute Gasteiger partial charge is 0.142 e. The summed E-state index contributed by atoms with van der Waals surface area (Å²) < 4.78 is 0. The fourth-order valence-electron chi connectivity index (χ4n) is 2.47. The number of nitrogens with zero attached hydrogens (tertiary/aromatic N) is 1. The van der Waals surface area contributed by atoms with Gasteiger partial charge in [0.05, 0.1) is 0 Å². The van der Waals surface area contributed by atoms with Crippen LogP contribution in [0.4, 0.5) is 0 Å². The number of amidine groups is 1. The highest BCUT2D eigenvalue weighted by molar-refractivity contribution is 5.82. The summed E-state index contributed by atoms with van der Waals surface area (Å²) in [7, 11) is 0. The van der Waals surface area contributed by atoms with Gasteiger partial charge in [0.2, 0.25) is 0 Å². The van der Waals surface area contributed by atoms with Crippen LogP contribution < -0.4 is 5.73 Å². The predicted octanol–water partition coefficient (Wildman–Crippen LogP) is 3.12. The fourth-order valence-corrected chi connectivity index (χ4v) is 2.47. The zero-order valence-corrected chi connectivity index (χ0v) is 10.00. The highest BCUT2D eigenvalue weighted by Crippen LogP contribution is 2.33. The van der Waals surface area contributed by atoms with E-state index in [1.807, 2.05) is 0 Å². The summed E-state index contributed by atoms with van der Waals surface area (Å²) >= 11 is 0. The van der Waals surface area contributed by atoms with Crippen LogP contribution in [0, 0.1) is 11.3 Å². The van der Waals surface area contributed by atoms with Gasteiger partial charge in [-0.1, -0.05) is 38.3 Å². The molecule has 0 aromatic carbocycles. The second-order valence-corrected chi connectivity index (χ2v) is 5.52. The van der Waals surface area contributed by atoms with Crippen molar-refractivity contribution in [3.63, 3.8) is 0 Å². The van der Waals surface area contributed by atoms with E-state index in [2.05, 4.69) is 19.0 Å². The average molecular weight is 212 g/mol. The molecule has 0 heterocycles. The minimum Gasteiger partial charge on any atom is -0.409 e. The van der Waals surface area contributed by atoms with Crippen molar-refractivity contribution in [3.8, 4) is 0 Å². The van der Waals surface area contributed by atoms with Crippen molar-refractivity contribution in [2.45, 2.75) is 58.8 Å². The standard InChI is InChI=1S/C12H24N2O/c1-12(2)8-4-3-6-10(7-5-9-12)11(13)14-15/h10,15H,3-9H2,1-2H3,(H2,13,14). The topological polar surface area (TPSA) is 58.6 Å². The van der Waals surface area contributed by atoms with E-state index in [0.29, 0.717) is 17.2 Å². The van der Waals surface area contributed by atoms with Gasteiger partial charge in [-0.05, 0) is 31.1 Å². The van der Waals surface area contributed by atoms with Gasteiger partial charge < -0.3 is 10.9 Å². The van der Waals surface area contributed by atoms with Gasteiger partial charge in [-0.15, -0.1) is 0 Å². The van der Waals surface area contributed by atoms with E-state index in [9.17, 15) is 0 Å². The lowest BCUT2D eigenvalue weighted by atomic mass is 9.83. The summed E-state index contributed by atoms with van der Waals surface area (Å²) in [5, 5.41) is 11.8. The Labute approximate surface area is 92.7 Å². The summed E-state index contributed by atoms with van der Waals surface area (Å²) in [6, 6.07) is 0. The summed E-state index contributed by atoms with van der Waals surface area (Å²) in [4.78, 5) is 0. The molecule has 0 amide bonds. The molecule has 1 aliphatic carbocycles. The molecule has 0 radical (unpaired) electrons. The van der Waals surface area contributed by atoms with E-state index in [4.69, 9.17) is 10.9 Å². The largest absolute Gasteiger partial charge is 0.409 e. The lowest BCUT2D eigenvalue weighted by Crippen LogP contribution is -2.23. The molecule has 0 spiro atoms. The highest BCUT2D eigenvalue weighted by atomic mass is 16.4. The van der Waals surface area contributed by atoms with Crippen LogP contribution in [0.3, 0.4) is 0 Å². The minimum atomic E-state index is 0.295. The van der Waals surface area contributed by atoms with Crippen LogP contribution in [0.15, 0.2) is 5.16 Å². The Morgan fingerprint density at radius 3 is 2.47 bits per heavy atom. The highest BCUT2D eigenvalue weighted by Gasteiger charge is 2.22. The first-order valence-electron chi connectivity index (χ1n) is 6.02. The van der Waals surface area contributed by atoms with E-state index in [0.717, 1.165) is 12.8 Å². The summed E-state index contributed by atoms with van der Waals surface area (Å²) in [5.74, 6) is 0.721. The maximum Gasteiger partial charge on any atom is 0.142 e. The fraction of sp³-hybridized carbons (Fsp3) is 0.917. The molecule has 1 aliphatic rings.